The number of thiol groups is 3. The molecule has 0 aliphatic heterocycles. The first-order valence-corrected chi connectivity index (χ1v) is 3.78. The molecule has 3 nitrogen and oxygen atoms in total. The van der Waals surface area contributed by atoms with Crippen molar-refractivity contribution in [2.24, 2.45) is 0 Å². The molecule has 10 heavy (non-hydrogen) atoms. The minimum atomic E-state index is -1.38. The van der Waals surface area contributed by atoms with E-state index in [4.69, 9.17) is 5.11 Å². The summed E-state index contributed by atoms with van der Waals surface area (Å²) in [5.41, 5.74) is 0. The monoisotopic (exact) mass is 200 g/mol. The van der Waals surface area contributed by atoms with Crippen LogP contribution in [0, 0.1) is 0 Å². The molecule has 0 fully saturated rings. The van der Waals surface area contributed by atoms with Crippen molar-refractivity contribution >= 4 is 43.9 Å². The van der Waals surface area contributed by atoms with Gasteiger partial charge in [-0.3, -0.25) is 0 Å². The van der Waals surface area contributed by atoms with Gasteiger partial charge in [-0.05, 0) is 0 Å². The van der Waals surface area contributed by atoms with Gasteiger partial charge in [-0.1, -0.05) is 0 Å². The SMILES string of the molecule is O=C(OCCO)C(S)(S)S. The normalized spacial score (nSPS) is 11.2. The van der Waals surface area contributed by atoms with Crippen molar-refractivity contribution < 1.29 is 14.6 Å². The fourth-order valence-electron chi connectivity index (χ4n) is 0.235. The Kier molecular flexibility index (Phi) is 4.59. The van der Waals surface area contributed by atoms with Crippen molar-refractivity contribution in [2.45, 2.75) is 3.41 Å². The molecule has 0 aromatic heterocycles. The van der Waals surface area contributed by atoms with E-state index in [0.29, 0.717) is 0 Å². The largest absolute Gasteiger partial charge is 0.461 e. The van der Waals surface area contributed by atoms with Gasteiger partial charge in [0.1, 0.15) is 6.61 Å². The lowest BCUT2D eigenvalue weighted by molar-refractivity contribution is -0.142. The highest BCUT2D eigenvalue weighted by molar-refractivity contribution is 8.18. The predicted molar refractivity (Wildman–Crippen MR) is 47.7 cm³/mol. The number of carbonyl (C=O) groups excluding carboxylic acids is 1. The number of hydrogen-bond acceptors (Lipinski definition) is 6. The molecule has 0 spiro atoms. The molecule has 0 aliphatic rings. The summed E-state index contributed by atoms with van der Waals surface area (Å²) >= 11 is 11.1. The Labute approximate surface area is 75.4 Å². The Morgan fingerprint density at radius 1 is 1.50 bits per heavy atom. The third-order valence-corrected chi connectivity index (χ3v) is 1.15. The maximum atomic E-state index is 10.7. The van der Waals surface area contributed by atoms with Crippen molar-refractivity contribution in [2.75, 3.05) is 13.2 Å². The van der Waals surface area contributed by atoms with Crippen molar-refractivity contribution in [3.63, 3.8) is 0 Å². The number of rotatable bonds is 3. The zero-order valence-corrected chi connectivity index (χ0v) is 7.70. The molecule has 0 unspecified atom stereocenters. The zero-order valence-electron chi connectivity index (χ0n) is 5.02. The minimum absolute atomic E-state index is 0.0533. The van der Waals surface area contributed by atoms with Crippen LogP contribution in [0.1, 0.15) is 0 Å². The van der Waals surface area contributed by atoms with E-state index in [9.17, 15) is 4.79 Å². The number of ether oxygens (including phenoxy) is 1. The molecule has 0 aromatic rings. The Hall–Kier alpha value is 0.480. The highest BCUT2D eigenvalue weighted by atomic mass is 32.2. The summed E-state index contributed by atoms with van der Waals surface area (Å²) in [7, 11) is 0. The first-order valence-electron chi connectivity index (χ1n) is 2.43. The maximum absolute atomic E-state index is 10.7. The fraction of sp³-hybridized carbons (Fsp3) is 0.750. The predicted octanol–water partition coefficient (Wildman–Crippen LogP) is -0.0349. The van der Waals surface area contributed by atoms with Gasteiger partial charge in [-0.15, -0.1) is 37.9 Å². The van der Waals surface area contributed by atoms with Crippen molar-refractivity contribution in [1.29, 1.82) is 0 Å². The topological polar surface area (TPSA) is 46.5 Å². The second-order valence-corrected chi connectivity index (χ2v) is 4.57. The lowest BCUT2D eigenvalue weighted by Gasteiger charge is -2.12. The van der Waals surface area contributed by atoms with Gasteiger partial charge < -0.3 is 9.84 Å². The molecule has 0 saturated heterocycles. The molecule has 0 amide bonds. The van der Waals surface area contributed by atoms with Gasteiger partial charge in [0.2, 0.25) is 0 Å². The molecule has 0 saturated carbocycles. The summed E-state index contributed by atoms with van der Waals surface area (Å²) in [6.45, 7) is -0.264. The Balaban J connectivity index is 3.64. The number of aliphatic hydroxyl groups excluding tert-OH is 1. The molecular weight excluding hydrogens is 192 g/mol. The van der Waals surface area contributed by atoms with E-state index in [1.54, 1.807) is 0 Å². The van der Waals surface area contributed by atoms with Crippen LogP contribution in [0.15, 0.2) is 0 Å². The van der Waals surface area contributed by atoms with Crippen LogP contribution in [-0.4, -0.2) is 27.7 Å². The summed E-state index contributed by atoms with van der Waals surface area (Å²) < 4.78 is 3.06. The van der Waals surface area contributed by atoms with E-state index in [1.165, 1.54) is 0 Å². The maximum Gasteiger partial charge on any atom is 0.342 e. The minimum Gasteiger partial charge on any atom is -0.461 e. The van der Waals surface area contributed by atoms with E-state index in [-0.39, 0.29) is 13.2 Å². The highest BCUT2D eigenvalue weighted by Gasteiger charge is 2.26. The van der Waals surface area contributed by atoms with Crippen LogP contribution in [-0.2, 0) is 9.53 Å². The smallest absolute Gasteiger partial charge is 0.342 e. The van der Waals surface area contributed by atoms with Gasteiger partial charge in [0.05, 0.1) is 6.61 Å². The summed E-state index contributed by atoms with van der Waals surface area (Å²) in [6.07, 6.45) is 0. The molecule has 0 aromatic carbocycles. The molecule has 1 N–H and O–H groups in total. The van der Waals surface area contributed by atoms with Crippen molar-refractivity contribution in [3.8, 4) is 0 Å². The first-order chi connectivity index (χ1) is 4.48. The van der Waals surface area contributed by atoms with Gasteiger partial charge in [0.25, 0.3) is 0 Å². The molecule has 0 rings (SSSR count). The zero-order chi connectivity index (χ0) is 8.20. The van der Waals surface area contributed by atoms with E-state index >= 15 is 0 Å². The Morgan fingerprint density at radius 3 is 2.30 bits per heavy atom. The van der Waals surface area contributed by atoms with Crippen LogP contribution in [0.4, 0.5) is 0 Å². The number of hydrogen-bond donors (Lipinski definition) is 4. The molecule has 0 heterocycles. The van der Waals surface area contributed by atoms with Crippen LogP contribution in [0.3, 0.4) is 0 Å². The summed E-state index contributed by atoms with van der Waals surface area (Å²) in [5.74, 6) is -0.684. The average Bonchev–Trinajstić information content (AvgIpc) is 1.80. The third kappa shape index (κ3) is 4.32. The van der Waals surface area contributed by atoms with Crippen LogP contribution in [0.2, 0.25) is 0 Å². The standard InChI is InChI=1S/C4H8O3S3/c5-1-2-7-3(6)4(8,9)10/h5,8-10H,1-2H2. The second-order valence-electron chi connectivity index (χ2n) is 1.49. The van der Waals surface area contributed by atoms with Crippen LogP contribution in [0.5, 0.6) is 0 Å². The van der Waals surface area contributed by atoms with Gasteiger partial charge >= 0.3 is 5.97 Å². The van der Waals surface area contributed by atoms with E-state index in [2.05, 4.69) is 42.6 Å². The van der Waals surface area contributed by atoms with Crippen LogP contribution >= 0.6 is 37.9 Å². The highest BCUT2D eigenvalue weighted by Crippen LogP contribution is 2.25. The number of esters is 1. The lowest BCUT2D eigenvalue weighted by Crippen LogP contribution is -2.23. The third-order valence-electron chi connectivity index (χ3n) is 0.598. The molecule has 6 heteroatoms. The molecule has 60 valence electrons. The van der Waals surface area contributed by atoms with Crippen molar-refractivity contribution in [3.05, 3.63) is 0 Å². The first kappa shape index (κ1) is 10.5. The summed E-state index contributed by atoms with van der Waals surface area (Å²) in [4.78, 5) is 10.7. The van der Waals surface area contributed by atoms with Gasteiger partial charge in [0, 0.05) is 0 Å². The average molecular weight is 200 g/mol. The molecule has 0 atom stereocenters. The summed E-state index contributed by atoms with van der Waals surface area (Å²) in [6, 6.07) is 0. The molecular formula is C4H8O3S3. The fourth-order valence-corrected chi connectivity index (χ4v) is 0.429. The second kappa shape index (κ2) is 4.38. The van der Waals surface area contributed by atoms with Gasteiger partial charge in [-0.25, -0.2) is 4.79 Å². The number of aliphatic hydroxyl groups is 1. The molecule has 0 aliphatic carbocycles. The van der Waals surface area contributed by atoms with Crippen LogP contribution in [0.25, 0.3) is 0 Å². The van der Waals surface area contributed by atoms with E-state index < -0.39 is 9.38 Å². The Morgan fingerprint density at radius 2 is 2.00 bits per heavy atom. The quantitative estimate of drug-likeness (QED) is 0.294. The van der Waals surface area contributed by atoms with Crippen molar-refractivity contribution in [1.82, 2.24) is 0 Å². The lowest BCUT2D eigenvalue weighted by atomic mass is 10.7. The van der Waals surface area contributed by atoms with E-state index in [1.807, 2.05) is 0 Å². The Bertz CT molecular complexity index is 119. The number of carbonyl (C=O) groups is 1. The molecule has 0 radical (unpaired) electrons. The molecule has 0 bridgehead atoms. The van der Waals surface area contributed by atoms with E-state index in [0.717, 1.165) is 0 Å². The van der Waals surface area contributed by atoms with Crippen LogP contribution < -0.4 is 0 Å². The summed E-state index contributed by atoms with van der Waals surface area (Å²) in [5, 5.41) is 8.23. The van der Waals surface area contributed by atoms with Gasteiger partial charge in [-0.2, -0.15) is 0 Å². The van der Waals surface area contributed by atoms with Gasteiger partial charge in [0.15, 0.2) is 3.41 Å².